The van der Waals surface area contributed by atoms with Crippen molar-refractivity contribution in [3.63, 3.8) is 0 Å². The minimum absolute atomic E-state index is 0.0289. The summed E-state index contributed by atoms with van der Waals surface area (Å²) < 4.78 is 51.5. The molecule has 7 heteroatoms. The molecule has 1 N–H and O–H groups in total. The van der Waals surface area contributed by atoms with Crippen LogP contribution in [0.4, 0.5) is 17.6 Å². The van der Waals surface area contributed by atoms with Gasteiger partial charge in [0.2, 0.25) is 0 Å². The molecule has 20 heavy (non-hydrogen) atoms. The molecule has 2 rings (SSSR count). The monoisotopic (exact) mass is 291 g/mol. The van der Waals surface area contributed by atoms with Crippen molar-refractivity contribution in [1.82, 2.24) is 4.90 Å². The van der Waals surface area contributed by atoms with Crippen LogP contribution in [-0.2, 0) is 17.5 Å². The van der Waals surface area contributed by atoms with Crippen molar-refractivity contribution in [2.75, 3.05) is 13.1 Å². The quantitative estimate of drug-likeness (QED) is 0.871. The summed E-state index contributed by atoms with van der Waals surface area (Å²) in [6.07, 6.45) is -4.21. The van der Waals surface area contributed by atoms with Crippen molar-refractivity contribution in [2.45, 2.75) is 19.1 Å². The molecule has 1 atom stereocenters. The third-order valence-corrected chi connectivity index (χ3v) is 3.39. The predicted octanol–water partition coefficient (Wildman–Crippen LogP) is 2.75. The summed E-state index contributed by atoms with van der Waals surface area (Å²) in [4.78, 5) is 12.5. The molecule has 0 bridgehead atoms. The molecule has 1 aliphatic rings. The van der Waals surface area contributed by atoms with Gasteiger partial charge in [-0.3, -0.25) is 9.69 Å². The van der Waals surface area contributed by atoms with Crippen molar-refractivity contribution in [3.05, 3.63) is 35.1 Å². The molecule has 0 saturated carbocycles. The van der Waals surface area contributed by atoms with Crippen LogP contribution >= 0.6 is 0 Å². The van der Waals surface area contributed by atoms with Crippen molar-refractivity contribution in [1.29, 1.82) is 0 Å². The number of hydrogen-bond donors (Lipinski definition) is 1. The standard InChI is InChI=1S/C13H13F4NO2/c14-10-2-1-8(11(5-10)13(15,16)17)6-18-4-3-9(7-18)12(19)20/h1-2,5,9H,3-4,6-7H2,(H,19,20). The number of rotatable bonds is 3. The van der Waals surface area contributed by atoms with Gasteiger partial charge in [-0.15, -0.1) is 0 Å². The van der Waals surface area contributed by atoms with Gasteiger partial charge in [-0.05, 0) is 30.7 Å². The highest BCUT2D eigenvalue weighted by Crippen LogP contribution is 2.33. The highest BCUT2D eigenvalue weighted by molar-refractivity contribution is 5.70. The molecule has 0 radical (unpaired) electrons. The minimum atomic E-state index is -4.62. The summed E-state index contributed by atoms with van der Waals surface area (Å²) in [5.41, 5.74) is -1.04. The second-order valence-corrected chi connectivity index (χ2v) is 4.86. The Hall–Kier alpha value is -1.63. The molecule has 0 aromatic heterocycles. The summed E-state index contributed by atoms with van der Waals surface area (Å²) in [5, 5.41) is 8.86. The maximum absolute atomic E-state index is 13.0. The van der Waals surface area contributed by atoms with Crippen LogP contribution in [0.3, 0.4) is 0 Å². The number of carboxylic acids is 1. The van der Waals surface area contributed by atoms with Crippen molar-refractivity contribution in [3.8, 4) is 0 Å². The van der Waals surface area contributed by atoms with Gasteiger partial charge in [0.25, 0.3) is 0 Å². The van der Waals surface area contributed by atoms with Crippen molar-refractivity contribution >= 4 is 5.97 Å². The summed E-state index contributed by atoms with van der Waals surface area (Å²) in [6, 6.07) is 2.56. The van der Waals surface area contributed by atoms with Crippen LogP contribution in [0.5, 0.6) is 0 Å². The summed E-state index contributed by atoms with van der Waals surface area (Å²) >= 11 is 0. The zero-order valence-corrected chi connectivity index (χ0v) is 10.5. The normalized spacial score (nSPS) is 20.3. The van der Waals surface area contributed by atoms with Gasteiger partial charge >= 0.3 is 12.1 Å². The fourth-order valence-electron chi connectivity index (χ4n) is 2.37. The Morgan fingerprint density at radius 1 is 1.40 bits per heavy atom. The van der Waals surface area contributed by atoms with Gasteiger partial charge in [-0.1, -0.05) is 6.07 Å². The summed E-state index contributed by atoms with van der Waals surface area (Å²) in [7, 11) is 0. The molecule has 0 amide bonds. The number of halogens is 4. The lowest BCUT2D eigenvalue weighted by molar-refractivity contribution is -0.141. The average Bonchev–Trinajstić information content (AvgIpc) is 2.79. The Labute approximate surface area is 112 Å². The Bertz CT molecular complexity index is 516. The Balaban J connectivity index is 2.16. The zero-order chi connectivity index (χ0) is 14.9. The third-order valence-electron chi connectivity index (χ3n) is 3.39. The first-order valence-corrected chi connectivity index (χ1v) is 6.08. The highest BCUT2D eigenvalue weighted by atomic mass is 19.4. The number of alkyl halides is 3. The lowest BCUT2D eigenvalue weighted by Gasteiger charge is -2.19. The van der Waals surface area contributed by atoms with Crippen molar-refractivity contribution in [2.24, 2.45) is 5.92 Å². The Kier molecular flexibility index (Phi) is 3.99. The number of carbonyl (C=O) groups is 1. The van der Waals surface area contributed by atoms with E-state index in [1.165, 1.54) is 0 Å². The Morgan fingerprint density at radius 3 is 2.65 bits per heavy atom. The minimum Gasteiger partial charge on any atom is -0.481 e. The second-order valence-electron chi connectivity index (χ2n) is 4.86. The van der Waals surface area contributed by atoms with E-state index in [4.69, 9.17) is 5.11 Å². The van der Waals surface area contributed by atoms with Crippen LogP contribution in [0.15, 0.2) is 18.2 Å². The molecule has 1 aromatic carbocycles. The van der Waals surface area contributed by atoms with Gasteiger partial charge < -0.3 is 5.11 Å². The first-order valence-electron chi connectivity index (χ1n) is 6.08. The zero-order valence-electron chi connectivity index (χ0n) is 10.5. The predicted molar refractivity (Wildman–Crippen MR) is 62.4 cm³/mol. The smallest absolute Gasteiger partial charge is 0.416 e. The number of benzene rings is 1. The van der Waals surface area contributed by atoms with Gasteiger partial charge in [0.05, 0.1) is 11.5 Å². The molecule has 110 valence electrons. The molecule has 1 unspecified atom stereocenters. The average molecular weight is 291 g/mol. The van der Waals surface area contributed by atoms with E-state index in [0.29, 0.717) is 19.0 Å². The van der Waals surface area contributed by atoms with E-state index in [1.54, 1.807) is 4.90 Å². The van der Waals surface area contributed by atoms with Crippen LogP contribution in [0.25, 0.3) is 0 Å². The summed E-state index contributed by atoms with van der Waals surface area (Å²) in [6.45, 7) is 0.606. The summed E-state index contributed by atoms with van der Waals surface area (Å²) in [5.74, 6) is -2.43. The molecule has 1 aromatic rings. The number of hydrogen-bond acceptors (Lipinski definition) is 2. The van der Waals surface area contributed by atoms with E-state index in [0.717, 1.165) is 12.1 Å². The highest BCUT2D eigenvalue weighted by Gasteiger charge is 2.35. The first-order chi connectivity index (χ1) is 9.27. The molecule has 1 fully saturated rings. The van der Waals surface area contributed by atoms with E-state index >= 15 is 0 Å². The van der Waals surface area contributed by atoms with E-state index in [-0.39, 0.29) is 18.7 Å². The molecule has 1 heterocycles. The largest absolute Gasteiger partial charge is 0.481 e. The van der Waals surface area contributed by atoms with Gasteiger partial charge in [0, 0.05) is 13.1 Å². The fraction of sp³-hybridized carbons (Fsp3) is 0.462. The maximum Gasteiger partial charge on any atom is 0.416 e. The van der Waals surface area contributed by atoms with Crippen molar-refractivity contribution < 1.29 is 27.5 Å². The molecule has 0 spiro atoms. The fourth-order valence-corrected chi connectivity index (χ4v) is 2.37. The number of nitrogens with zero attached hydrogens (tertiary/aromatic N) is 1. The number of aliphatic carboxylic acids is 1. The van der Waals surface area contributed by atoms with Crippen LogP contribution in [0.2, 0.25) is 0 Å². The molecule has 0 aliphatic carbocycles. The molecule has 3 nitrogen and oxygen atoms in total. The topological polar surface area (TPSA) is 40.5 Å². The molecule has 1 saturated heterocycles. The first kappa shape index (κ1) is 14.8. The lowest BCUT2D eigenvalue weighted by Crippen LogP contribution is -2.24. The molecular weight excluding hydrogens is 278 g/mol. The van der Waals surface area contributed by atoms with E-state index in [1.807, 2.05) is 0 Å². The van der Waals surface area contributed by atoms with E-state index in [9.17, 15) is 22.4 Å². The van der Waals surface area contributed by atoms with E-state index < -0.39 is 29.4 Å². The van der Waals surface area contributed by atoms with Gasteiger partial charge in [-0.2, -0.15) is 13.2 Å². The number of likely N-dealkylation sites (tertiary alicyclic amines) is 1. The van der Waals surface area contributed by atoms with Crippen LogP contribution in [-0.4, -0.2) is 29.1 Å². The second kappa shape index (κ2) is 5.40. The SMILES string of the molecule is O=C(O)C1CCN(Cc2ccc(F)cc2C(F)(F)F)C1. The van der Waals surface area contributed by atoms with Crippen LogP contribution in [0.1, 0.15) is 17.5 Å². The van der Waals surface area contributed by atoms with Gasteiger partial charge in [0.15, 0.2) is 0 Å². The van der Waals surface area contributed by atoms with E-state index in [2.05, 4.69) is 0 Å². The lowest BCUT2D eigenvalue weighted by atomic mass is 10.1. The maximum atomic E-state index is 13.0. The van der Waals surface area contributed by atoms with Crippen LogP contribution in [0, 0.1) is 11.7 Å². The molecular formula is C13H13F4NO2. The molecule has 1 aliphatic heterocycles. The number of carboxylic acid groups (broad SMARTS) is 1. The third kappa shape index (κ3) is 3.27. The Morgan fingerprint density at radius 2 is 2.10 bits per heavy atom. The van der Waals surface area contributed by atoms with Gasteiger partial charge in [0.1, 0.15) is 5.82 Å². The van der Waals surface area contributed by atoms with Gasteiger partial charge in [-0.25, -0.2) is 4.39 Å². The van der Waals surface area contributed by atoms with Crippen LogP contribution < -0.4 is 0 Å².